The quantitative estimate of drug-likeness (QED) is 0.441. The summed E-state index contributed by atoms with van der Waals surface area (Å²) in [5, 5.41) is 14.3. The molecule has 3 aromatic carbocycles. The normalized spacial score (nSPS) is 10.8. The molecule has 0 spiro atoms. The lowest BCUT2D eigenvalue weighted by molar-refractivity contribution is 0.100. The summed E-state index contributed by atoms with van der Waals surface area (Å²) in [5.74, 6) is 0.0422. The molecular weight excluding hydrogens is 374 g/mol. The lowest BCUT2D eigenvalue weighted by atomic mass is 9.95. The van der Waals surface area contributed by atoms with Gasteiger partial charge in [0.2, 0.25) is 11.5 Å². The van der Waals surface area contributed by atoms with Gasteiger partial charge in [0.05, 0.1) is 5.56 Å². The fraction of sp³-hybridized carbons (Fsp3) is 0.0435. The zero-order chi connectivity index (χ0) is 19.7. The van der Waals surface area contributed by atoms with Crippen LogP contribution in [0.4, 0.5) is 0 Å². The number of ketones is 1. The first kappa shape index (κ1) is 18.0. The number of aryl methyl sites for hydroxylation is 1. The van der Waals surface area contributed by atoms with Crippen molar-refractivity contribution in [2.24, 2.45) is 0 Å². The van der Waals surface area contributed by atoms with E-state index in [9.17, 15) is 9.90 Å². The molecule has 28 heavy (non-hydrogen) atoms. The molecule has 0 aliphatic heterocycles. The van der Waals surface area contributed by atoms with Crippen molar-refractivity contribution in [2.75, 3.05) is 0 Å². The number of rotatable bonds is 4. The number of aromatic hydroxyl groups is 1. The van der Waals surface area contributed by atoms with Crippen LogP contribution in [-0.2, 0) is 0 Å². The minimum atomic E-state index is -0.273. The Labute approximate surface area is 167 Å². The Bertz CT molecular complexity index is 1130. The molecule has 0 atom stereocenters. The summed E-state index contributed by atoms with van der Waals surface area (Å²) in [5.41, 5.74) is 4.30. The van der Waals surface area contributed by atoms with E-state index in [0.29, 0.717) is 21.8 Å². The third-order valence-electron chi connectivity index (χ3n) is 4.49. The molecule has 1 heterocycles. The van der Waals surface area contributed by atoms with Gasteiger partial charge in [0, 0.05) is 16.1 Å². The van der Waals surface area contributed by atoms with E-state index >= 15 is 0 Å². The predicted octanol–water partition coefficient (Wildman–Crippen LogP) is 5.91. The van der Waals surface area contributed by atoms with Crippen LogP contribution in [0.25, 0.3) is 22.4 Å². The molecule has 5 heteroatoms. The van der Waals surface area contributed by atoms with E-state index in [0.717, 1.165) is 16.7 Å². The molecule has 138 valence electrons. The third-order valence-corrected chi connectivity index (χ3v) is 4.74. The van der Waals surface area contributed by atoms with Crippen LogP contribution in [0.5, 0.6) is 5.75 Å². The summed E-state index contributed by atoms with van der Waals surface area (Å²) < 4.78 is 5.52. The van der Waals surface area contributed by atoms with Crippen molar-refractivity contribution in [3.63, 3.8) is 0 Å². The first-order valence-electron chi connectivity index (χ1n) is 8.69. The molecule has 1 aromatic heterocycles. The van der Waals surface area contributed by atoms with Crippen LogP contribution in [0, 0.1) is 6.92 Å². The highest BCUT2D eigenvalue weighted by Gasteiger charge is 2.25. The van der Waals surface area contributed by atoms with Crippen molar-refractivity contribution in [1.82, 2.24) is 5.16 Å². The second-order valence-electron chi connectivity index (χ2n) is 6.48. The molecule has 0 fully saturated rings. The van der Waals surface area contributed by atoms with Crippen molar-refractivity contribution in [3.8, 4) is 28.1 Å². The lowest BCUT2D eigenvalue weighted by Gasteiger charge is -2.06. The SMILES string of the molecule is Cc1ccc(-c2c(-c3ccc(O)cc3)noc2C(=O)c2ccc(Cl)cc2)cc1. The van der Waals surface area contributed by atoms with E-state index in [2.05, 4.69) is 5.16 Å². The number of phenols is 1. The van der Waals surface area contributed by atoms with E-state index < -0.39 is 0 Å². The second-order valence-corrected chi connectivity index (χ2v) is 6.92. The van der Waals surface area contributed by atoms with Gasteiger partial charge in [-0.25, -0.2) is 0 Å². The molecule has 4 rings (SSSR count). The Morgan fingerprint density at radius 2 is 1.50 bits per heavy atom. The molecule has 0 amide bonds. The number of halogens is 1. The zero-order valence-electron chi connectivity index (χ0n) is 15.0. The number of benzene rings is 3. The monoisotopic (exact) mass is 389 g/mol. The predicted molar refractivity (Wildman–Crippen MR) is 109 cm³/mol. The number of hydrogen-bond donors (Lipinski definition) is 1. The van der Waals surface area contributed by atoms with E-state index in [1.165, 1.54) is 0 Å². The Morgan fingerprint density at radius 1 is 0.893 bits per heavy atom. The number of carbonyl (C=O) groups is 1. The van der Waals surface area contributed by atoms with E-state index in [1.807, 2.05) is 31.2 Å². The molecule has 0 aliphatic carbocycles. The number of carbonyl (C=O) groups excluding carboxylic acids is 1. The first-order valence-corrected chi connectivity index (χ1v) is 9.07. The van der Waals surface area contributed by atoms with Crippen LogP contribution >= 0.6 is 11.6 Å². The van der Waals surface area contributed by atoms with Gasteiger partial charge in [-0.1, -0.05) is 46.6 Å². The molecule has 0 saturated heterocycles. The molecule has 0 saturated carbocycles. The maximum Gasteiger partial charge on any atom is 0.231 e. The van der Waals surface area contributed by atoms with Gasteiger partial charge in [0.15, 0.2) is 0 Å². The standard InChI is InChI=1S/C23H16ClNO3/c1-14-2-4-15(5-3-14)20-21(16-8-12-19(26)13-9-16)25-28-23(20)22(27)17-6-10-18(24)11-7-17/h2-13,26H,1H3. The fourth-order valence-electron chi connectivity index (χ4n) is 2.98. The second kappa shape index (κ2) is 7.33. The van der Waals surface area contributed by atoms with Gasteiger partial charge < -0.3 is 9.63 Å². The van der Waals surface area contributed by atoms with Crippen LogP contribution in [0.3, 0.4) is 0 Å². The van der Waals surface area contributed by atoms with E-state index in [4.69, 9.17) is 16.1 Å². The van der Waals surface area contributed by atoms with E-state index in [1.54, 1.807) is 48.5 Å². The van der Waals surface area contributed by atoms with Crippen LogP contribution in [-0.4, -0.2) is 16.0 Å². The molecule has 0 aliphatic rings. The molecule has 4 aromatic rings. The minimum Gasteiger partial charge on any atom is -0.508 e. The number of nitrogens with zero attached hydrogens (tertiary/aromatic N) is 1. The van der Waals surface area contributed by atoms with Gasteiger partial charge in [0.1, 0.15) is 11.4 Å². The van der Waals surface area contributed by atoms with Crippen LogP contribution in [0.2, 0.25) is 5.02 Å². The molecule has 0 unspecified atom stereocenters. The van der Waals surface area contributed by atoms with Gasteiger partial charge in [-0.3, -0.25) is 4.79 Å². The number of hydrogen-bond acceptors (Lipinski definition) is 4. The number of phenolic OH excluding ortho intramolecular Hbond substituents is 1. The molecule has 4 nitrogen and oxygen atoms in total. The average Bonchev–Trinajstić information content (AvgIpc) is 3.14. The largest absolute Gasteiger partial charge is 0.508 e. The van der Waals surface area contributed by atoms with Crippen molar-refractivity contribution >= 4 is 17.4 Å². The maximum atomic E-state index is 13.1. The van der Waals surface area contributed by atoms with Crippen LogP contribution in [0.15, 0.2) is 77.3 Å². The number of aromatic nitrogens is 1. The topological polar surface area (TPSA) is 63.3 Å². The highest BCUT2D eigenvalue weighted by Crippen LogP contribution is 2.36. The van der Waals surface area contributed by atoms with Crippen molar-refractivity contribution in [2.45, 2.75) is 6.92 Å². The highest BCUT2D eigenvalue weighted by atomic mass is 35.5. The summed E-state index contributed by atoms with van der Waals surface area (Å²) >= 11 is 5.93. The van der Waals surface area contributed by atoms with Crippen molar-refractivity contribution < 1.29 is 14.4 Å². The average molecular weight is 390 g/mol. The maximum absolute atomic E-state index is 13.1. The summed E-state index contributed by atoms with van der Waals surface area (Å²) in [6.07, 6.45) is 0. The Morgan fingerprint density at radius 3 is 2.14 bits per heavy atom. The van der Waals surface area contributed by atoms with Crippen LogP contribution < -0.4 is 0 Å². The van der Waals surface area contributed by atoms with Crippen molar-refractivity contribution in [1.29, 1.82) is 0 Å². The Balaban J connectivity index is 1.89. The van der Waals surface area contributed by atoms with E-state index in [-0.39, 0.29) is 17.3 Å². The molecule has 1 N–H and O–H groups in total. The zero-order valence-corrected chi connectivity index (χ0v) is 15.8. The summed E-state index contributed by atoms with van der Waals surface area (Å²) in [6, 6.07) is 21.1. The Kier molecular flexibility index (Phi) is 4.72. The minimum absolute atomic E-state index is 0.154. The first-order chi connectivity index (χ1) is 13.5. The van der Waals surface area contributed by atoms with Gasteiger partial charge in [0.25, 0.3) is 0 Å². The van der Waals surface area contributed by atoms with Gasteiger partial charge in [-0.05, 0) is 61.0 Å². The van der Waals surface area contributed by atoms with Gasteiger partial charge in [-0.15, -0.1) is 0 Å². The molecule has 0 radical (unpaired) electrons. The molecular formula is C23H16ClNO3. The lowest BCUT2D eigenvalue weighted by Crippen LogP contribution is -2.01. The summed E-state index contributed by atoms with van der Waals surface area (Å²) in [6.45, 7) is 2.00. The van der Waals surface area contributed by atoms with Gasteiger partial charge in [-0.2, -0.15) is 0 Å². The van der Waals surface area contributed by atoms with Gasteiger partial charge >= 0.3 is 0 Å². The Hall–Kier alpha value is -3.37. The smallest absolute Gasteiger partial charge is 0.231 e. The summed E-state index contributed by atoms with van der Waals surface area (Å²) in [4.78, 5) is 13.1. The van der Waals surface area contributed by atoms with Crippen molar-refractivity contribution in [3.05, 3.63) is 94.7 Å². The fourth-order valence-corrected chi connectivity index (χ4v) is 3.11. The highest BCUT2D eigenvalue weighted by molar-refractivity contribution is 6.30. The summed E-state index contributed by atoms with van der Waals surface area (Å²) in [7, 11) is 0. The van der Waals surface area contributed by atoms with Crippen LogP contribution in [0.1, 0.15) is 21.7 Å². The third kappa shape index (κ3) is 3.42. The molecule has 0 bridgehead atoms.